The Morgan fingerprint density at radius 3 is 2.50 bits per heavy atom. The maximum atomic E-state index is 13.1. The van der Waals surface area contributed by atoms with Crippen LogP contribution in [0.5, 0.6) is 5.75 Å². The predicted octanol–water partition coefficient (Wildman–Crippen LogP) is 3.48. The van der Waals surface area contributed by atoms with Crippen LogP contribution in [0, 0.1) is 11.8 Å². The number of benzene rings is 1. The van der Waals surface area contributed by atoms with Crippen LogP contribution in [0.2, 0.25) is 0 Å². The second kappa shape index (κ2) is 5.85. The van der Waals surface area contributed by atoms with Gasteiger partial charge in [0.25, 0.3) is 0 Å². The molecule has 2 saturated carbocycles. The number of ether oxygens (including phenoxy) is 3. The van der Waals surface area contributed by atoms with E-state index in [1.165, 1.54) is 0 Å². The van der Waals surface area contributed by atoms with Gasteiger partial charge >= 0.3 is 0 Å². The van der Waals surface area contributed by atoms with Gasteiger partial charge < -0.3 is 14.2 Å². The summed E-state index contributed by atoms with van der Waals surface area (Å²) in [6, 6.07) is 8.10. The number of fused-ring (bicyclic) bond motifs is 1. The molecule has 0 amide bonds. The number of carbonyl (C=O) groups is 1. The number of Topliss-reactive ketones (excluding diaryl/α,β-unsaturated/α-hetero) is 1. The lowest BCUT2D eigenvalue weighted by atomic mass is 9.51. The van der Waals surface area contributed by atoms with Crippen molar-refractivity contribution in [1.29, 1.82) is 0 Å². The van der Waals surface area contributed by atoms with Crippen molar-refractivity contribution in [1.82, 2.24) is 0 Å². The van der Waals surface area contributed by atoms with E-state index >= 15 is 0 Å². The van der Waals surface area contributed by atoms with E-state index in [9.17, 15) is 4.79 Å². The molecule has 3 atom stereocenters. The molecule has 1 aliphatic heterocycles. The zero-order valence-electron chi connectivity index (χ0n) is 14.5. The second-order valence-electron chi connectivity index (χ2n) is 7.42. The number of hydrogen-bond acceptors (Lipinski definition) is 4. The van der Waals surface area contributed by atoms with E-state index in [4.69, 9.17) is 14.2 Å². The number of methoxy groups -OCH3 is 1. The van der Waals surface area contributed by atoms with Crippen molar-refractivity contribution in [2.45, 2.75) is 50.2 Å². The number of hydrogen-bond donors (Lipinski definition) is 0. The highest BCUT2D eigenvalue weighted by atomic mass is 16.7. The van der Waals surface area contributed by atoms with Gasteiger partial charge in [-0.1, -0.05) is 19.1 Å². The summed E-state index contributed by atoms with van der Waals surface area (Å²) in [5, 5.41) is 0. The molecule has 3 aliphatic rings. The van der Waals surface area contributed by atoms with Crippen LogP contribution >= 0.6 is 0 Å². The minimum atomic E-state index is -0.474. The normalized spacial score (nSPS) is 35.0. The van der Waals surface area contributed by atoms with Crippen LogP contribution in [0.3, 0.4) is 0 Å². The third kappa shape index (κ3) is 2.16. The smallest absolute Gasteiger partial charge is 0.171 e. The first-order valence-electron chi connectivity index (χ1n) is 9.08. The third-order valence-corrected chi connectivity index (χ3v) is 6.60. The average Bonchev–Trinajstić information content (AvgIpc) is 3.09. The molecule has 2 aliphatic carbocycles. The molecule has 1 heterocycles. The van der Waals surface area contributed by atoms with Crippen molar-refractivity contribution >= 4 is 5.78 Å². The van der Waals surface area contributed by atoms with Gasteiger partial charge in [0.1, 0.15) is 11.5 Å². The summed E-state index contributed by atoms with van der Waals surface area (Å²) >= 11 is 0. The minimum Gasteiger partial charge on any atom is -0.497 e. The molecule has 0 radical (unpaired) electrons. The molecular weight excluding hydrogens is 304 g/mol. The lowest BCUT2D eigenvalue weighted by Crippen LogP contribution is -2.59. The first kappa shape index (κ1) is 16.1. The molecule has 4 nitrogen and oxygen atoms in total. The highest BCUT2D eigenvalue weighted by Gasteiger charge is 2.60. The molecular formula is C20H26O4. The number of rotatable bonds is 2. The quantitative estimate of drug-likeness (QED) is 0.833. The van der Waals surface area contributed by atoms with Crippen LogP contribution in [-0.4, -0.2) is 31.9 Å². The van der Waals surface area contributed by atoms with E-state index in [1.54, 1.807) is 7.11 Å². The van der Waals surface area contributed by atoms with Gasteiger partial charge in [-0.2, -0.15) is 0 Å². The Morgan fingerprint density at radius 1 is 1.12 bits per heavy atom. The molecule has 130 valence electrons. The third-order valence-electron chi connectivity index (χ3n) is 6.60. The van der Waals surface area contributed by atoms with Crippen LogP contribution in [-0.2, 0) is 19.7 Å². The maximum absolute atomic E-state index is 13.1. The minimum absolute atomic E-state index is 0.222. The zero-order chi connectivity index (χ0) is 16.8. The van der Waals surface area contributed by atoms with E-state index < -0.39 is 5.79 Å². The topological polar surface area (TPSA) is 44.8 Å². The number of ketones is 1. The van der Waals surface area contributed by atoms with Gasteiger partial charge in [-0.15, -0.1) is 0 Å². The van der Waals surface area contributed by atoms with Gasteiger partial charge in [-0.25, -0.2) is 0 Å². The van der Waals surface area contributed by atoms with E-state index in [0.29, 0.717) is 25.4 Å². The van der Waals surface area contributed by atoms with Gasteiger partial charge in [0.2, 0.25) is 0 Å². The Labute approximate surface area is 143 Å². The van der Waals surface area contributed by atoms with Gasteiger partial charge in [-0.3, -0.25) is 4.79 Å². The van der Waals surface area contributed by atoms with E-state index in [2.05, 4.69) is 19.1 Å². The summed E-state index contributed by atoms with van der Waals surface area (Å²) in [5.74, 6) is 1.25. The molecule has 24 heavy (non-hydrogen) atoms. The van der Waals surface area contributed by atoms with Gasteiger partial charge in [0, 0.05) is 18.8 Å². The van der Waals surface area contributed by atoms with Crippen molar-refractivity contribution in [2.75, 3.05) is 20.3 Å². The van der Waals surface area contributed by atoms with Gasteiger partial charge in [0.15, 0.2) is 5.79 Å². The summed E-state index contributed by atoms with van der Waals surface area (Å²) in [6.07, 6.45) is 4.33. The molecule has 4 rings (SSSR count). The van der Waals surface area contributed by atoms with E-state index in [-0.39, 0.29) is 17.3 Å². The first-order valence-corrected chi connectivity index (χ1v) is 9.08. The molecule has 0 bridgehead atoms. The van der Waals surface area contributed by atoms with Crippen LogP contribution in [0.4, 0.5) is 0 Å². The van der Waals surface area contributed by atoms with Gasteiger partial charge in [0.05, 0.1) is 25.7 Å². The molecule has 0 aromatic heterocycles. The van der Waals surface area contributed by atoms with Gasteiger partial charge in [-0.05, 0) is 42.9 Å². The summed E-state index contributed by atoms with van der Waals surface area (Å²) in [6.45, 7) is 3.55. The second-order valence-corrected chi connectivity index (χ2v) is 7.42. The van der Waals surface area contributed by atoms with Crippen molar-refractivity contribution in [3.8, 4) is 5.75 Å². The highest BCUT2D eigenvalue weighted by molar-refractivity contribution is 5.91. The molecule has 0 N–H and O–H groups in total. The van der Waals surface area contributed by atoms with Crippen molar-refractivity contribution in [3.63, 3.8) is 0 Å². The van der Waals surface area contributed by atoms with E-state index in [1.807, 2.05) is 12.1 Å². The molecule has 3 fully saturated rings. The van der Waals surface area contributed by atoms with Crippen LogP contribution in [0.1, 0.15) is 44.6 Å². The van der Waals surface area contributed by atoms with Crippen LogP contribution in [0.15, 0.2) is 24.3 Å². The fourth-order valence-corrected chi connectivity index (χ4v) is 5.35. The Balaban J connectivity index is 1.76. The molecule has 0 unspecified atom stereocenters. The van der Waals surface area contributed by atoms with E-state index in [0.717, 1.165) is 37.0 Å². The molecule has 1 aromatic carbocycles. The lowest BCUT2D eigenvalue weighted by molar-refractivity contribution is -0.235. The standard InChI is InChI=1S/C20H26O4/c1-14-17-4-3-5-18(21)19(17,10-11-20(14)23-12-13-24-20)15-6-8-16(22-2)9-7-15/h6-9,14,17H,3-5,10-13H2,1-2H3/t14-,17-,19+/m0/s1. The van der Waals surface area contributed by atoms with Crippen molar-refractivity contribution in [3.05, 3.63) is 29.8 Å². The summed E-state index contributed by atoms with van der Waals surface area (Å²) in [4.78, 5) is 13.1. The summed E-state index contributed by atoms with van der Waals surface area (Å²) < 4.78 is 17.4. The van der Waals surface area contributed by atoms with Crippen LogP contribution in [0.25, 0.3) is 0 Å². The monoisotopic (exact) mass is 330 g/mol. The SMILES string of the molecule is COc1ccc([C@]23CCC4(OCCO4)[C@@H](C)[C@@H]2CCCC3=O)cc1. The predicted molar refractivity (Wildman–Crippen MR) is 90.1 cm³/mol. The Kier molecular flexibility index (Phi) is 3.92. The molecule has 4 heteroatoms. The fourth-order valence-electron chi connectivity index (χ4n) is 5.35. The molecule has 1 aromatic rings. The summed E-state index contributed by atoms with van der Waals surface area (Å²) in [5.41, 5.74) is 0.752. The highest BCUT2D eigenvalue weighted by Crippen LogP contribution is 2.57. The molecule has 1 spiro atoms. The molecule has 1 saturated heterocycles. The summed E-state index contributed by atoms with van der Waals surface area (Å²) in [7, 11) is 1.67. The average molecular weight is 330 g/mol. The Hall–Kier alpha value is -1.39. The largest absolute Gasteiger partial charge is 0.497 e. The van der Waals surface area contributed by atoms with Crippen LogP contribution < -0.4 is 4.74 Å². The Bertz CT molecular complexity index is 617. The first-order chi connectivity index (χ1) is 11.6. The zero-order valence-corrected chi connectivity index (χ0v) is 14.5. The maximum Gasteiger partial charge on any atom is 0.171 e. The van der Waals surface area contributed by atoms with Crippen molar-refractivity contribution < 1.29 is 19.0 Å². The lowest BCUT2D eigenvalue weighted by Gasteiger charge is -2.54. The van der Waals surface area contributed by atoms with Crippen molar-refractivity contribution in [2.24, 2.45) is 11.8 Å². The number of carbonyl (C=O) groups excluding carboxylic acids is 1. The fraction of sp³-hybridized carbons (Fsp3) is 0.650. The Morgan fingerprint density at radius 2 is 1.83 bits per heavy atom.